The summed E-state index contributed by atoms with van der Waals surface area (Å²) >= 11 is 0. The standard InChI is InChI=1S/C19H20N6O3S/c20-18-10-9-15(24-25(26)23-14-6-2-1-3-7-14)12-17(18)19(21)13-5-4-8-16(11-13)29(22,27)28/h1-12,21,23-24,26H,20H2,(H2,22,27,28). The zero-order valence-corrected chi connectivity index (χ0v) is 16.0. The second-order valence-corrected chi connectivity index (χ2v) is 7.71. The maximum atomic E-state index is 11.6. The predicted molar refractivity (Wildman–Crippen MR) is 112 cm³/mol. The molecule has 0 radical (unpaired) electrons. The quantitative estimate of drug-likeness (QED) is 0.197. The molecule has 0 saturated carbocycles. The van der Waals surface area contributed by atoms with Crippen LogP contribution >= 0.6 is 0 Å². The molecule has 0 aliphatic rings. The van der Waals surface area contributed by atoms with Crippen LogP contribution in [0.15, 0.2) is 77.7 Å². The molecule has 0 heterocycles. The first-order valence-electron chi connectivity index (χ1n) is 8.43. The number of para-hydroxylation sites is 1. The highest BCUT2D eigenvalue weighted by molar-refractivity contribution is 7.89. The Labute approximate surface area is 168 Å². The van der Waals surface area contributed by atoms with Crippen molar-refractivity contribution < 1.29 is 13.6 Å². The van der Waals surface area contributed by atoms with Crippen molar-refractivity contribution in [3.05, 3.63) is 83.9 Å². The Hall–Kier alpha value is -3.44. The van der Waals surface area contributed by atoms with Crippen molar-refractivity contribution in [2.24, 2.45) is 5.14 Å². The van der Waals surface area contributed by atoms with E-state index in [4.69, 9.17) is 16.3 Å². The van der Waals surface area contributed by atoms with Gasteiger partial charge in [0.15, 0.2) is 0 Å². The van der Waals surface area contributed by atoms with Gasteiger partial charge in [-0.1, -0.05) is 30.3 Å². The molecular weight excluding hydrogens is 392 g/mol. The predicted octanol–water partition coefficient (Wildman–Crippen LogP) is 2.38. The third-order valence-corrected chi connectivity index (χ3v) is 4.93. The average Bonchev–Trinajstić information content (AvgIpc) is 2.69. The van der Waals surface area contributed by atoms with E-state index in [1.165, 1.54) is 18.2 Å². The van der Waals surface area contributed by atoms with E-state index >= 15 is 0 Å². The van der Waals surface area contributed by atoms with E-state index in [0.717, 1.165) is 0 Å². The van der Waals surface area contributed by atoms with E-state index in [9.17, 15) is 13.6 Å². The van der Waals surface area contributed by atoms with Gasteiger partial charge in [-0.15, -0.1) is 0 Å². The lowest BCUT2D eigenvalue weighted by molar-refractivity contribution is -0.0397. The molecule has 0 aliphatic heterocycles. The summed E-state index contributed by atoms with van der Waals surface area (Å²) in [5.41, 5.74) is 13.6. The van der Waals surface area contributed by atoms with E-state index in [2.05, 4.69) is 10.9 Å². The van der Waals surface area contributed by atoms with Crippen LogP contribution in [-0.2, 0) is 10.0 Å². The highest BCUT2D eigenvalue weighted by atomic mass is 32.2. The fraction of sp³-hybridized carbons (Fsp3) is 0. The third-order valence-electron chi connectivity index (χ3n) is 4.02. The number of nitrogen functional groups attached to an aromatic ring is 1. The Kier molecular flexibility index (Phi) is 5.80. The minimum absolute atomic E-state index is 0.0113. The zero-order valence-electron chi connectivity index (χ0n) is 15.2. The van der Waals surface area contributed by atoms with Gasteiger partial charge in [0.2, 0.25) is 10.0 Å². The summed E-state index contributed by atoms with van der Waals surface area (Å²) in [6.45, 7) is 0. The van der Waals surface area contributed by atoms with Crippen LogP contribution in [0, 0.1) is 5.41 Å². The number of hydrogen-bond acceptors (Lipinski definition) is 8. The molecule has 3 aromatic rings. The van der Waals surface area contributed by atoms with E-state index in [-0.39, 0.29) is 10.6 Å². The van der Waals surface area contributed by atoms with Gasteiger partial charge in [0.05, 0.1) is 22.0 Å². The molecule has 0 aromatic heterocycles. The van der Waals surface area contributed by atoms with E-state index in [0.29, 0.717) is 33.5 Å². The molecule has 3 rings (SSSR count). The van der Waals surface area contributed by atoms with Crippen LogP contribution in [0.25, 0.3) is 0 Å². The van der Waals surface area contributed by atoms with Gasteiger partial charge >= 0.3 is 0 Å². The number of sulfonamides is 1. The molecule has 0 amide bonds. The van der Waals surface area contributed by atoms with Crippen molar-refractivity contribution in [3.63, 3.8) is 0 Å². The summed E-state index contributed by atoms with van der Waals surface area (Å²) in [6.07, 6.45) is 0. The SMILES string of the molecule is N=C(c1cccc(S(N)(=O)=O)c1)c1cc(NN(O)Nc2ccccc2)ccc1N. The van der Waals surface area contributed by atoms with E-state index in [1.54, 1.807) is 36.4 Å². The van der Waals surface area contributed by atoms with Gasteiger partial charge in [-0.2, -0.15) is 0 Å². The second kappa shape index (κ2) is 8.29. The van der Waals surface area contributed by atoms with Crippen molar-refractivity contribution in [2.75, 3.05) is 16.6 Å². The lowest BCUT2D eigenvalue weighted by Gasteiger charge is -2.19. The molecule has 0 saturated heterocycles. The second-order valence-electron chi connectivity index (χ2n) is 6.15. The van der Waals surface area contributed by atoms with Gasteiger partial charge in [0, 0.05) is 16.8 Å². The highest BCUT2D eigenvalue weighted by Gasteiger charge is 2.14. The number of anilines is 3. The van der Waals surface area contributed by atoms with Crippen molar-refractivity contribution in [1.82, 2.24) is 5.28 Å². The Morgan fingerprint density at radius 1 is 0.931 bits per heavy atom. The van der Waals surface area contributed by atoms with Crippen LogP contribution in [0.3, 0.4) is 0 Å². The van der Waals surface area contributed by atoms with E-state index < -0.39 is 10.0 Å². The monoisotopic (exact) mass is 412 g/mol. The number of rotatable bonds is 7. The smallest absolute Gasteiger partial charge is 0.238 e. The van der Waals surface area contributed by atoms with Crippen LogP contribution in [0.2, 0.25) is 0 Å². The molecule has 8 N–H and O–H groups in total. The molecule has 0 fully saturated rings. The van der Waals surface area contributed by atoms with Crippen LogP contribution in [0.5, 0.6) is 0 Å². The zero-order chi connectivity index (χ0) is 21.0. The first kappa shape index (κ1) is 20.3. The van der Waals surface area contributed by atoms with E-state index in [1.807, 2.05) is 18.2 Å². The summed E-state index contributed by atoms with van der Waals surface area (Å²) in [7, 11) is -3.89. The minimum Gasteiger partial charge on any atom is -0.398 e. The number of hydrogen-bond donors (Lipinski definition) is 6. The first-order valence-corrected chi connectivity index (χ1v) is 9.98. The lowest BCUT2D eigenvalue weighted by atomic mass is 10.0. The van der Waals surface area contributed by atoms with Gasteiger partial charge in [-0.25, -0.2) is 13.6 Å². The summed E-state index contributed by atoms with van der Waals surface area (Å²) in [5.74, 6) is 0. The fourth-order valence-corrected chi connectivity index (χ4v) is 3.17. The topological polar surface area (TPSA) is 158 Å². The molecule has 0 bridgehead atoms. The van der Waals surface area contributed by atoms with Crippen molar-refractivity contribution >= 4 is 32.8 Å². The van der Waals surface area contributed by atoms with Gasteiger partial charge in [-0.3, -0.25) is 21.5 Å². The Bertz CT molecular complexity index is 1140. The van der Waals surface area contributed by atoms with Crippen molar-refractivity contribution in [1.29, 1.82) is 5.41 Å². The highest BCUT2D eigenvalue weighted by Crippen LogP contribution is 2.23. The number of benzene rings is 3. The lowest BCUT2D eigenvalue weighted by Crippen LogP contribution is -2.32. The molecule has 29 heavy (non-hydrogen) atoms. The number of primary sulfonamides is 1. The average molecular weight is 412 g/mol. The maximum Gasteiger partial charge on any atom is 0.238 e. The van der Waals surface area contributed by atoms with Gasteiger partial charge in [0.25, 0.3) is 0 Å². The third kappa shape index (κ3) is 5.09. The van der Waals surface area contributed by atoms with Crippen LogP contribution in [0.4, 0.5) is 17.1 Å². The summed E-state index contributed by atoms with van der Waals surface area (Å²) in [5, 5.41) is 24.3. The van der Waals surface area contributed by atoms with Gasteiger partial charge in [0.1, 0.15) is 0 Å². The Morgan fingerprint density at radius 3 is 2.31 bits per heavy atom. The van der Waals surface area contributed by atoms with Gasteiger partial charge in [-0.05, 0) is 47.7 Å². The molecule has 0 spiro atoms. The normalized spacial score (nSPS) is 11.3. The number of nitrogens with two attached hydrogens (primary N) is 2. The molecule has 0 unspecified atom stereocenters. The molecule has 10 heteroatoms. The molecule has 0 atom stereocenters. The molecule has 0 aliphatic carbocycles. The minimum atomic E-state index is -3.89. The number of hydrazine groups is 2. The fourth-order valence-electron chi connectivity index (χ4n) is 2.61. The van der Waals surface area contributed by atoms with Crippen LogP contribution < -0.4 is 21.7 Å². The molecule has 9 nitrogen and oxygen atoms in total. The van der Waals surface area contributed by atoms with Crippen LogP contribution in [0.1, 0.15) is 11.1 Å². The van der Waals surface area contributed by atoms with Crippen molar-refractivity contribution in [3.8, 4) is 0 Å². The Balaban J connectivity index is 1.83. The molecule has 150 valence electrons. The van der Waals surface area contributed by atoms with Gasteiger partial charge < -0.3 is 5.73 Å². The maximum absolute atomic E-state index is 11.6. The Morgan fingerprint density at radius 2 is 1.62 bits per heavy atom. The summed E-state index contributed by atoms with van der Waals surface area (Å²) < 4.78 is 23.1. The van der Waals surface area contributed by atoms with Crippen LogP contribution in [-0.4, -0.2) is 24.6 Å². The van der Waals surface area contributed by atoms with Crippen molar-refractivity contribution in [2.45, 2.75) is 4.90 Å². The number of nitrogens with zero attached hydrogens (tertiary/aromatic N) is 1. The largest absolute Gasteiger partial charge is 0.398 e. The summed E-state index contributed by atoms with van der Waals surface area (Å²) in [6, 6.07) is 19.5. The molecule has 3 aromatic carbocycles. The molecular formula is C19H20N6O3S. The first-order chi connectivity index (χ1) is 13.7. The summed E-state index contributed by atoms with van der Waals surface area (Å²) in [4.78, 5) is -0.0961. The number of nitrogens with one attached hydrogen (secondary N) is 3.